The van der Waals surface area contributed by atoms with E-state index in [1.54, 1.807) is 26.3 Å². The zero-order valence-electron chi connectivity index (χ0n) is 18.3. The second-order valence-electron chi connectivity index (χ2n) is 7.68. The van der Waals surface area contributed by atoms with E-state index in [9.17, 15) is 19.2 Å². The van der Waals surface area contributed by atoms with Gasteiger partial charge in [0.05, 0.1) is 29.4 Å². The van der Waals surface area contributed by atoms with Crippen molar-refractivity contribution in [2.45, 2.75) is 32.4 Å². The maximum Gasteiger partial charge on any atom is 0.446 e. The molecule has 33 heavy (non-hydrogen) atoms. The average Bonchev–Trinajstić information content (AvgIpc) is 3.10. The standard InChI is InChI=1S/C19H24BrFN6O6/c1-19(2,3)32-17(28)24-10(9-31-4)8-23-15(25-30)14(22)16-26-33-18(29)27(16)11-5-6-13(21)12(20)7-11/h5-7,10,22,30H,8-9H2,1-4H3,(H,23,25)(H,24,28). The number of methoxy groups -OCH3 is 1. The van der Waals surface area contributed by atoms with Crippen LogP contribution in [0.25, 0.3) is 5.69 Å². The Morgan fingerprint density at radius 2 is 2.15 bits per heavy atom. The summed E-state index contributed by atoms with van der Waals surface area (Å²) in [6, 6.07) is 3.04. The molecule has 4 N–H and O–H groups in total. The minimum atomic E-state index is -0.936. The Labute approximate surface area is 196 Å². The van der Waals surface area contributed by atoms with Gasteiger partial charge in [-0.25, -0.2) is 18.5 Å². The first-order chi connectivity index (χ1) is 15.5. The fraction of sp³-hybridized carbons (Fsp3) is 0.421. The van der Waals surface area contributed by atoms with E-state index in [0.29, 0.717) is 0 Å². The molecule has 0 bridgehead atoms. The number of nitrogens with one attached hydrogen (secondary N) is 3. The van der Waals surface area contributed by atoms with Crippen LogP contribution in [-0.2, 0) is 9.47 Å². The summed E-state index contributed by atoms with van der Waals surface area (Å²) in [4.78, 5) is 28.3. The molecule has 180 valence electrons. The van der Waals surface area contributed by atoms with Gasteiger partial charge in [0.25, 0.3) is 0 Å². The molecule has 1 aromatic heterocycles. The Balaban J connectivity index is 2.27. The number of carbonyl (C=O) groups excluding carboxylic acids is 1. The molecule has 1 atom stereocenters. The number of ether oxygens (including phenoxy) is 2. The first kappa shape index (κ1) is 26.2. The Bertz CT molecular complexity index is 1090. The number of nitrogens with zero attached hydrogens (tertiary/aromatic N) is 3. The third-order valence-corrected chi connectivity index (χ3v) is 4.50. The van der Waals surface area contributed by atoms with E-state index in [-0.39, 0.29) is 35.0 Å². The summed E-state index contributed by atoms with van der Waals surface area (Å²) in [5, 5.41) is 24.0. The molecule has 1 unspecified atom stereocenters. The maximum atomic E-state index is 13.6. The first-order valence-corrected chi connectivity index (χ1v) is 10.3. The molecular weight excluding hydrogens is 507 g/mol. The molecule has 0 saturated heterocycles. The van der Waals surface area contributed by atoms with Gasteiger partial charge in [-0.05, 0) is 54.9 Å². The van der Waals surface area contributed by atoms with Crippen molar-refractivity contribution < 1.29 is 28.4 Å². The Morgan fingerprint density at radius 1 is 1.45 bits per heavy atom. The lowest BCUT2D eigenvalue weighted by atomic mass is 10.2. The van der Waals surface area contributed by atoms with Crippen molar-refractivity contribution in [2.24, 2.45) is 4.99 Å². The molecule has 0 aliphatic rings. The van der Waals surface area contributed by atoms with Crippen molar-refractivity contribution in [3.8, 4) is 5.69 Å². The van der Waals surface area contributed by atoms with Crippen LogP contribution in [-0.4, -0.2) is 64.5 Å². The molecule has 2 rings (SSSR count). The number of halogens is 2. The van der Waals surface area contributed by atoms with Crippen LogP contribution < -0.4 is 16.6 Å². The van der Waals surface area contributed by atoms with Crippen molar-refractivity contribution in [1.29, 1.82) is 5.41 Å². The number of amides is 1. The molecule has 2 aromatic rings. The molecule has 12 nitrogen and oxygen atoms in total. The number of aliphatic imine (C=N–C) groups is 1. The molecule has 1 aromatic carbocycles. The van der Waals surface area contributed by atoms with Gasteiger partial charge in [-0.1, -0.05) is 5.16 Å². The topological polar surface area (TPSA) is 164 Å². The SMILES string of the molecule is COCC(CN=C(NO)C(=N)c1noc(=O)n1-c1ccc(F)c(Br)c1)NC(=O)OC(C)(C)C. The monoisotopic (exact) mass is 530 g/mol. The number of aromatic nitrogens is 2. The molecule has 1 heterocycles. The lowest BCUT2D eigenvalue weighted by molar-refractivity contribution is 0.0473. The van der Waals surface area contributed by atoms with Crippen LogP contribution in [0.1, 0.15) is 26.6 Å². The van der Waals surface area contributed by atoms with Gasteiger partial charge in [-0.2, -0.15) is 0 Å². The highest BCUT2D eigenvalue weighted by molar-refractivity contribution is 9.10. The van der Waals surface area contributed by atoms with Gasteiger partial charge in [0.2, 0.25) is 5.82 Å². The van der Waals surface area contributed by atoms with Gasteiger partial charge >= 0.3 is 11.8 Å². The smallest absolute Gasteiger partial charge is 0.444 e. The van der Waals surface area contributed by atoms with Crippen LogP contribution in [0.3, 0.4) is 0 Å². The highest BCUT2D eigenvalue weighted by atomic mass is 79.9. The van der Waals surface area contributed by atoms with E-state index in [1.165, 1.54) is 19.2 Å². The summed E-state index contributed by atoms with van der Waals surface area (Å²) in [7, 11) is 1.43. The quantitative estimate of drug-likeness (QED) is 0.228. The summed E-state index contributed by atoms with van der Waals surface area (Å²) in [6.07, 6.45) is -0.694. The second-order valence-corrected chi connectivity index (χ2v) is 8.53. The fourth-order valence-electron chi connectivity index (χ4n) is 2.55. The van der Waals surface area contributed by atoms with Gasteiger partial charge in [-0.3, -0.25) is 25.6 Å². The highest BCUT2D eigenvalue weighted by Gasteiger charge is 2.23. The van der Waals surface area contributed by atoms with Crippen molar-refractivity contribution >= 4 is 33.6 Å². The molecule has 0 saturated carbocycles. The third-order valence-electron chi connectivity index (χ3n) is 3.89. The predicted octanol–water partition coefficient (Wildman–Crippen LogP) is 2.01. The summed E-state index contributed by atoms with van der Waals surface area (Å²) in [5.41, 5.74) is 0.721. The third kappa shape index (κ3) is 7.20. The molecule has 0 aliphatic carbocycles. The zero-order valence-corrected chi connectivity index (χ0v) is 19.9. The van der Waals surface area contributed by atoms with E-state index in [1.807, 2.05) is 0 Å². The number of rotatable bonds is 8. The lowest BCUT2D eigenvalue weighted by Gasteiger charge is -2.22. The van der Waals surface area contributed by atoms with Crippen molar-refractivity contribution in [1.82, 2.24) is 20.5 Å². The van der Waals surface area contributed by atoms with E-state index in [2.05, 4.69) is 35.9 Å². The summed E-state index contributed by atoms with van der Waals surface area (Å²) in [5.74, 6) is -2.16. The first-order valence-electron chi connectivity index (χ1n) is 9.53. The van der Waals surface area contributed by atoms with Gasteiger partial charge in [0.15, 0.2) is 5.84 Å². The van der Waals surface area contributed by atoms with Crippen LogP contribution in [0.4, 0.5) is 9.18 Å². The van der Waals surface area contributed by atoms with E-state index in [0.717, 1.165) is 10.6 Å². The lowest BCUT2D eigenvalue weighted by Crippen LogP contribution is -2.43. The minimum absolute atomic E-state index is 0.0626. The summed E-state index contributed by atoms with van der Waals surface area (Å²) < 4.78 is 29.5. The van der Waals surface area contributed by atoms with Crippen LogP contribution in [0.5, 0.6) is 0 Å². The van der Waals surface area contributed by atoms with E-state index in [4.69, 9.17) is 14.9 Å². The molecule has 0 radical (unpaired) electrons. The average molecular weight is 531 g/mol. The Morgan fingerprint density at radius 3 is 2.73 bits per heavy atom. The van der Waals surface area contributed by atoms with Gasteiger partial charge in [0.1, 0.15) is 17.1 Å². The second kappa shape index (κ2) is 11.2. The molecule has 0 aliphatic heterocycles. The van der Waals surface area contributed by atoms with Gasteiger partial charge in [0, 0.05) is 7.11 Å². The molecule has 0 fully saturated rings. The van der Waals surface area contributed by atoms with Gasteiger partial charge in [-0.15, -0.1) is 0 Å². The number of benzene rings is 1. The summed E-state index contributed by atoms with van der Waals surface area (Å²) >= 11 is 3.03. The number of hydrogen-bond donors (Lipinski definition) is 4. The number of amidine groups is 1. The largest absolute Gasteiger partial charge is 0.446 e. The molecular formula is C19H24BrFN6O6. The van der Waals surface area contributed by atoms with Crippen LogP contribution >= 0.6 is 15.9 Å². The van der Waals surface area contributed by atoms with Gasteiger partial charge < -0.3 is 14.8 Å². The maximum absolute atomic E-state index is 13.6. The number of alkyl carbamates (subject to hydrolysis) is 1. The van der Waals surface area contributed by atoms with E-state index < -0.39 is 35.0 Å². The molecule has 0 spiro atoms. The number of carbonyl (C=O) groups is 1. The normalized spacial score (nSPS) is 12.9. The van der Waals surface area contributed by atoms with Crippen LogP contribution in [0.15, 0.2) is 37.0 Å². The van der Waals surface area contributed by atoms with Crippen LogP contribution in [0, 0.1) is 11.2 Å². The number of hydrogen-bond acceptors (Lipinski definition) is 9. The number of hydroxylamine groups is 1. The van der Waals surface area contributed by atoms with Crippen molar-refractivity contribution in [2.75, 3.05) is 20.3 Å². The Kier molecular flexibility index (Phi) is 8.84. The Hall–Kier alpha value is -3.10. The molecule has 14 heteroatoms. The van der Waals surface area contributed by atoms with E-state index >= 15 is 0 Å². The minimum Gasteiger partial charge on any atom is -0.444 e. The van der Waals surface area contributed by atoms with Crippen molar-refractivity contribution in [3.05, 3.63) is 44.9 Å². The van der Waals surface area contributed by atoms with Crippen LogP contribution in [0.2, 0.25) is 0 Å². The summed E-state index contributed by atoms with van der Waals surface area (Å²) in [6.45, 7) is 5.07. The highest BCUT2D eigenvalue weighted by Crippen LogP contribution is 2.19. The zero-order chi connectivity index (χ0) is 24.8. The fourth-order valence-corrected chi connectivity index (χ4v) is 2.92. The van der Waals surface area contributed by atoms with Crippen molar-refractivity contribution in [3.63, 3.8) is 0 Å². The predicted molar refractivity (Wildman–Crippen MR) is 119 cm³/mol. The molecule has 1 amide bonds.